The molecule has 2 spiro atoms. The van der Waals surface area contributed by atoms with Crippen molar-refractivity contribution in [1.29, 1.82) is 0 Å². The second-order valence-electron chi connectivity index (χ2n) is 15.6. The van der Waals surface area contributed by atoms with Gasteiger partial charge < -0.3 is 24.0 Å². The Morgan fingerprint density at radius 1 is 0.702 bits per heavy atom. The lowest BCUT2D eigenvalue weighted by molar-refractivity contribution is -0.151. The Kier molecular flexibility index (Phi) is 8.60. The van der Waals surface area contributed by atoms with Gasteiger partial charge in [-0.2, -0.15) is 0 Å². The fraction of sp³-hybridized carbons (Fsp3) is 0.650. The minimum Gasteiger partial charge on any atom is -0.488 e. The highest BCUT2D eigenvalue weighted by molar-refractivity contribution is 5.79. The zero-order chi connectivity index (χ0) is 31.8. The van der Waals surface area contributed by atoms with Gasteiger partial charge in [0.2, 0.25) is 0 Å². The molecule has 4 heterocycles. The van der Waals surface area contributed by atoms with Gasteiger partial charge in [0.15, 0.2) is 0 Å². The summed E-state index contributed by atoms with van der Waals surface area (Å²) in [6.45, 7) is 3.61. The Morgan fingerprint density at radius 3 is 2.02 bits per heavy atom. The summed E-state index contributed by atoms with van der Waals surface area (Å²) in [6.07, 6.45) is 17.9. The van der Waals surface area contributed by atoms with Crippen LogP contribution in [0.3, 0.4) is 0 Å². The highest BCUT2D eigenvalue weighted by Crippen LogP contribution is 2.48. The van der Waals surface area contributed by atoms with Gasteiger partial charge in [0.25, 0.3) is 0 Å². The molecule has 3 atom stereocenters. The minimum absolute atomic E-state index is 0.0154. The van der Waals surface area contributed by atoms with E-state index in [2.05, 4.69) is 52.3 Å². The Morgan fingerprint density at radius 2 is 1.34 bits per heavy atom. The van der Waals surface area contributed by atoms with Crippen molar-refractivity contribution in [2.45, 2.75) is 127 Å². The number of benzene rings is 2. The quantitative estimate of drug-likeness (QED) is 0.276. The van der Waals surface area contributed by atoms with E-state index in [-0.39, 0.29) is 41.1 Å². The number of cyclic esters (lactones) is 2. The average Bonchev–Trinajstić information content (AvgIpc) is 3.56. The van der Waals surface area contributed by atoms with E-state index >= 15 is 0 Å². The number of carbonyl (C=O) groups excluding carboxylic acids is 2. The highest BCUT2D eigenvalue weighted by Gasteiger charge is 2.50. The van der Waals surface area contributed by atoms with E-state index in [1.807, 2.05) is 0 Å². The highest BCUT2D eigenvalue weighted by atomic mass is 16.6. The van der Waals surface area contributed by atoms with Crippen LogP contribution >= 0.6 is 0 Å². The first kappa shape index (κ1) is 31.1. The van der Waals surface area contributed by atoms with Crippen molar-refractivity contribution < 1.29 is 23.8 Å². The first-order valence-electron chi connectivity index (χ1n) is 18.8. The van der Waals surface area contributed by atoms with Crippen LogP contribution in [0.4, 0.5) is 11.4 Å². The number of ether oxygens (including phenoxy) is 3. The summed E-state index contributed by atoms with van der Waals surface area (Å²) >= 11 is 0. The summed E-state index contributed by atoms with van der Waals surface area (Å²) in [5.74, 6) is 1.05. The smallest absolute Gasteiger partial charge is 0.312 e. The normalized spacial score (nSPS) is 27.8. The van der Waals surface area contributed by atoms with E-state index in [0.717, 1.165) is 128 Å². The van der Waals surface area contributed by atoms with Crippen LogP contribution in [0.5, 0.6) is 5.75 Å². The fourth-order valence-corrected chi connectivity index (χ4v) is 9.93. The zero-order valence-electron chi connectivity index (χ0n) is 28.1. The SMILES string of the molecule is O=C1OC(CCN2CCCc3ccc(OC4Cc5ccccc5N(CCC5CC6(CCCCC6)C(=O)O5)C4)cc32)CC12CCCCC2. The molecule has 6 aliphatic rings. The zero-order valence-corrected chi connectivity index (χ0v) is 28.1. The van der Waals surface area contributed by atoms with Gasteiger partial charge in [-0.25, -0.2) is 0 Å². The molecular weight excluding hydrogens is 588 g/mol. The summed E-state index contributed by atoms with van der Waals surface area (Å²) < 4.78 is 18.7. The van der Waals surface area contributed by atoms with E-state index in [1.54, 1.807) is 0 Å². The lowest BCUT2D eigenvalue weighted by Crippen LogP contribution is -2.42. The monoisotopic (exact) mass is 640 g/mol. The van der Waals surface area contributed by atoms with Crippen molar-refractivity contribution in [2.75, 3.05) is 36.0 Å². The van der Waals surface area contributed by atoms with Crippen molar-refractivity contribution >= 4 is 23.3 Å². The number of para-hydroxylation sites is 1. The summed E-state index contributed by atoms with van der Waals surface area (Å²) in [5, 5.41) is 0. The molecular formula is C40H52N2O5. The molecule has 2 aromatic rings. The number of rotatable bonds is 8. The Bertz CT molecular complexity index is 1460. The Hall–Kier alpha value is -3.22. The number of anilines is 2. The molecule has 8 rings (SSSR count). The van der Waals surface area contributed by atoms with Crippen LogP contribution in [0.15, 0.2) is 42.5 Å². The van der Waals surface area contributed by atoms with Gasteiger partial charge >= 0.3 is 11.9 Å². The predicted molar refractivity (Wildman–Crippen MR) is 183 cm³/mol. The number of esters is 2. The number of aryl methyl sites for hydroxylation is 1. The van der Waals surface area contributed by atoms with Crippen LogP contribution < -0.4 is 14.5 Å². The molecule has 0 bridgehead atoms. The third kappa shape index (κ3) is 6.24. The van der Waals surface area contributed by atoms with Crippen LogP contribution in [0.2, 0.25) is 0 Å². The van der Waals surface area contributed by atoms with Crippen LogP contribution in [-0.2, 0) is 31.9 Å². The first-order valence-corrected chi connectivity index (χ1v) is 18.8. The molecule has 3 unspecified atom stereocenters. The number of carbonyl (C=O) groups is 2. The maximum Gasteiger partial charge on any atom is 0.312 e. The second kappa shape index (κ2) is 13.0. The molecule has 7 nitrogen and oxygen atoms in total. The molecule has 2 aliphatic carbocycles. The topological polar surface area (TPSA) is 68.3 Å². The summed E-state index contributed by atoms with van der Waals surface area (Å²) in [4.78, 5) is 30.7. The molecule has 2 aromatic carbocycles. The van der Waals surface area contributed by atoms with E-state index in [4.69, 9.17) is 14.2 Å². The van der Waals surface area contributed by atoms with E-state index in [0.29, 0.717) is 0 Å². The number of nitrogens with zero attached hydrogens (tertiary/aromatic N) is 2. The minimum atomic E-state index is -0.214. The molecule has 2 saturated heterocycles. The molecule has 2 saturated carbocycles. The molecule has 4 fully saturated rings. The summed E-state index contributed by atoms with van der Waals surface area (Å²) in [6, 6.07) is 15.4. The van der Waals surface area contributed by atoms with Gasteiger partial charge in [0.05, 0.1) is 17.4 Å². The molecule has 4 aliphatic heterocycles. The molecule has 0 N–H and O–H groups in total. The molecule has 7 heteroatoms. The maximum absolute atomic E-state index is 12.9. The lowest BCUT2D eigenvalue weighted by atomic mass is 9.72. The van der Waals surface area contributed by atoms with Crippen molar-refractivity contribution in [3.63, 3.8) is 0 Å². The van der Waals surface area contributed by atoms with Crippen molar-refractivity contribution in [3.05, 3.63) is 53.6 Å². The van der Waals surface area contributed by atoms with Gasteiger partial charge in [0, 0.05) is 69.2 Å². The van der Waals surface area contributed by atoms with E-state index in [9.17, 15) is 9.59 Å². The van der Waals surface area contributed by atoms with Gasteiger partial charge in [-0.3, -0.25) is 9.59 Å². The molecule has 252 valence electrons. The summed E-state index contributed by atoms with van der Waals surface area (Å²) in [5.41, 5.74) is 4.84. The number of hydrogen-bond donors (Lipinski definition) is 0. The molecule has 47 heavy (non-hydrogen) atoms. The third-order valence-electron chi connectivity index (χ3n) is 12.5. The lowest BCUT2D eigenvalue weighted by Gasteiger charge is -2.37. The fourth-order valence-electron chi connectivity index (χ4n) is 9.93. The second-order valence-corrected chi connectivity index (χ2v) is 15.6. The summed E-state index contributed by atoms with van der Waals surface area (Å²) in [7, 11) is 0. The standard InChI is InChI=1S/C40H52N2O5/c43-37-39(17-5-1-6-18-39)26-32(46-37)15-22-41-21-9-11-29-13-14-31(25-36(29)41)45-34-24-30-10-3-4-12-35(30)42(28-34)23-16-33-27-40(38(44)47-33)19-7-2-8-20-40/h3-4,10,12-14,25,32-34H,1-2,5-9,11,15-24,26-28H2. The van der Waals surface area contributed by atoms with E-state index in [1.165, 1.54) is 35.3 Å². The Labute approximate surface area is 280 Å². The van der Waals surface area contributed by atoms with Crippen molar-refractivity contribution in [1.82, 2.24) is 0 Å². The third-order valence-corrected chi connectivity index (χ3v) is 12.5. The first-order chi connectivity index (χ1) is 23.0. The molecule has 0 radical (unpaired) electrons. The van der Waals surface area contributed by atoms with Crippen LogP contribution in [0, 0.1) is 10.8 Å². The largest absolute Gasteiger partial charge is 0.488 e. The van der Waals surface area contributed by atoms with Crippen LogP contribution in [-0.4, -0.2) is 56.4 Å². The van der Waals surface area contributed by atoms with Gasteiger partial charge in [-0.1, -0.05) is 62.8 Å². The van der Waals surface area contributed by atoms with Crippen LogP contribution in [0.25, 0.3) is 0 Å². The van der Waals surface area contributed by atoms with Crippen molar-refractivity contribution in [3.8, 4) is 5.75 Å². The van der Waals surface area contributed by atoms with Gasteiger partial charge in [-0.15, -0.1) is 0 Å². The van der Waals surface area contributed by atoms with Crippen molar-refractivity contribution in [2.24, 2.45) is 10.8 Å². The average molecular weight is 641 g/mol. The predicted octanol–water partition coefficient (Wildman–Crippen LogP) is 7.56. The maximum atomic E-state index is 12.9. The number of hydrogen-bond acceptors (Lipinski definition) is 7. The van der Waals surface area contributed by atoms with Gasteiger partial charge in [-0.05, 0) is 61.8 Å². The van der Waals surface area contributed by atoms with E-state index < -0.39 is 0 Å². The molecule has 0 amide bonds. The number of fused-ring (bicyclic) bond motifs is 2. The Balaban J connectivity index is 0.912. The molecule has 0 aromatic heterocycles. The van der Waals surface area contributed by atoms with Crippen LogP contribution in [0.1, 0.15) is 107 Å². The van der Waals surface area contributed by atoms with Gasteiger partial charge in [0.1, 0.15) is 24.1 Å².